The number of hydrogen-bond donors (Lipinski definition) is 1. The van der Waals surface area contributed by atoms with Gasteiger partial charge in [-0.3, -0.25) is 4.90 Å². The molecule has 136 valence electrons. The molecule has 1 unspecified atom stereocenters. The lowest BCUT2D eigenvalue weighted by Crippen LogP contribution is -2.53. The van der Waals surface area contributed by atoms with E-state index in [9.17, 15) is 8.42 Å². The SMILES string of the molecule is CCCCS(=O)(=O)NCC(Cc1ccccc1)N1CCN(C)CC1. The molecule has 1 aromatic carbocycles. The summed E-state index contributed by atoms with van der Waals surface area (Å²) in [6.45, 7) is 6.56. The number of nitrogens with one attached hydrogen (secondary N) is 1. The normalized spacial score (nSPS) is 18.6. The van der Waals surface area contributed by atoms with Crippen LogP contribution in [-0.4, -0.2) is 69.8 Å². The van der Waals surface area contributed by atoms with Gasteiger partial charge in [0.05, 0.1) is 5.75 Å². The van der Waals surface area contributed by atoms with E-state index in [0.29, 0.717) is 13.0 Å². The molecule has 0 radical (unpaired) electrons. The fourth-order valence-electron chi connectivity index (χ4n) is 3.03. The van der Waals surface area contributed by atoms with Crippen LogP contribution >= 0.6 is 0 Å². The van der Waals surface area contributed by atoms with Gasteiger partial charge in [0.25, 0.3) is 0 Å². The van der Waals surface area contributed by atoms with E-state index in [2.05, 4.69) is 33.7 Å². The van der Waals surface area contributed by atoms with E-state index in [1.807, 2.05) is 25.1 Å². The molecule has 1 aliphatic rings. The summed E-state index contributed by atoms with van der Waals surface area (Å²) in [4.78, 5) is 4.75. The van der Waals surface area contributed by atoms with E-state index in [-0.39, 0.29) is 11.8 Å². The second kappa shape index (κ2) is 9.51. The predicted octanol–water partition coefficient (Wildman–Crippen LogP) is 1.56. The summed E-state index contributed by atoms with van der Waals surface area (Å²) in [5.41, 5.74) is 1.26. The van der Waals surface area contributed by atoms with Crippen molar-refractivity contribution < 1.29 is 8.42 Å². The van der Waals surface area contributed by atoms with Gasteiger partial charge in [-0.2, -0.15) is 0 Å². The first-order valence-corrected chi connectivity index (χ1v) is 10.6. The monoisotopic (exact) mass is 353 g/mol. The molecule has 0 aromatic heterocycles. The Bertz CT molecular complexity index is 569. The molecular formula is C18H31N3O2S. The molecule has 1 aliphatic heterocycles. The number of rotatable bonds is 9. The van der Waals surface area contributed by atoms with Crippen molar-refractivity contribution in [1.82, 2.24) is 14.5 Å². The van der Waals surface area contributed by atoms with Crippen molar-refractivity contribution in [3.63, 3.8) is 0 Å². The average Bonchev–Trinajstić information content (AvgIpc) is 2.59. The van der Waals surface area contributed by atoms with Gasteiger partial charge >= 0.3 is 0 Å². The van der Waals surface area contributed by atoms with E-state index < -0.39 is 10.0 Å². The largest absolute Gasteiger partial charge is 0.304 e. The van der Waals surface area contributed by atoms with Gasteiger partial charge in [-0.25, -0.2) is 13.1 Å². The number of likely N-dealkylation sites (N-methyl/N-ethyl adjacent to an activating group) is 1. The standard InChI is InChI=1S/C18H31N3O2S/c1-3-4-14-24(22,23)19-16-18(15-17-8-6-5-7-9-17)21-12-10-20(2)11-13-21/h5-9,18-19H,3-4,10-16H2,1-2H3. The highest BCUT2D eigenvalue weighted by molar-refractivity contribution is 7.89. The highest BCUT2D eigenvalue weighted by atomic mass is 32.2. The Balaban J connectivity index is 1.99. The third kappa shape index (κ3) is 6.51. The van der Waals surface area contributed by atoms with Crippen molar-refractivity contribution >= 4 is 10.0 Å². The Morgan fingerprint density at radius 1 is 1.12 bits per heavy atom. The van der Waals surface area contributed by atoms with Gasteiger partial charge in [0.15, 0.2) is 0 Å². The van der Waals surface area contributed by atoms with Crippen molar-refractivity contribution in [2.75, 3.05) is 45.5 Å². The molecule has 6 heteroatoms. The zero-order valence-corrected chi connectivity index (χ0v) is 15.8. The summed E-state index contributed by atoms with van der Waals surface area (Å²) in [6, 6.07) is 10.5. The third-order valence-corrected chi connectivity index (χ3v) is 6.11. The van der Waals surface area contributed by atoms with Crippen LogP contribution in [0, 0.1) is 0 Å². The summed E-state index contributed by atoms with van der Waals surface area (Å²) in [5.74, 6) is 0.226. The number of sulfonamides is 1. The highest BCUT2D eigenvalue weighted by Crippen LogP contribution is 2.12. The second-order valence-corrected chi connectivity index (χ2v) is 8.63. The molecule has 0 spiro atoms. The van der Waals surface area contributed by atoms with Gasteiger partial charge in [-0.05, 0) is 25.5 Å². The maximum absolute atomic E-state index is 12.1. The van der Waals surface area contributed by atoms with Crippen LogP contribution in [0.3, 0.4) is 0 Å². The molecule has 2 rings (SSSR count). The van der Waals surface area contributed by atoms with Crippen molar-refractivity contribution in [3.8, 4) is 0 Å². The van der Waals surface area contributed by atoms with E-state index in [1.54, 1.807) is 0 Å². The number of benzene rings is 1. The van der Waals surface area contributed by atoms with Crippen molar-refractivity contribution in [2.45, 2.75) is 32.2 Å². The molecular weight excluding hydrogens is 322 g/mol. The maximum Gasteiger partial charge on any atom is 0.211 e. The Hall–Kier alpha value is -0.950. The van der Waals surface area contributed by atoms with Crippen molar-refractivity contribution in [2.24, 2.45) is 0 Å². The minimum absolute atomic E-state index is 0.206. The molecule has 24 heavy (non-hydrogen) atoms. The van der Waals surface area contributed by atoms with E-state index in [1.165, 1.54) is 5.56 Å². The number of nitrogens with zero attached hydrogens (tertiary/aromatic N) is 2. The lowest BCUT2D eigenvalue weighted by Gasteiger charge is -2.38. The van der Waals surface area contributed by atoms with Gasteiger partial charge < -0.3 is 4.90 Å². The van der Waals surface area contributed by atoms with Crippen LogP contribution in [0.15, 0.2) is 30.3 Å². The zero-order valence-electron chi connectivity index (χ0n) is 14.9. The van der Waals surface area contributed by atoms with Crippen LogP contribution in [0.4, 0.5) is 0 Å². The molecule has 0 aliphatic carbocycles. The van der Waals surface area contributed by atoms with Gasteiger partial charge in [-0.15, -0.1) is 0 Å². The second-order valence-electron chi connectivity index (χ2n) is 6.70. The minimum Gasteiger partial charge on any atom is -0.304 e. The molecule has 1 saturated heterocycles. The first-order valence-electron chi connectivity index (χ1n) is 8.94. The molecule has 0 saturated carbocycles. The number of hydrogen-bond acceptors (Lipinski definition) is 4. The Morgan fingerprint density at radius 3 is 2.42 bits per heavy atom. The van der Waals surface area contributed by atoms with Gasteiger partial charge in [0, 0.05) is 38.8 Å². The molecule has 0 bridgehead atoms. The fraction of sp³-hybridized carbons (Fsp3) is 0.667. The van der Waals surface area contributed by atoms with Crippen LogP contribution in [-0.2, 0) is 16.4 Å². The van der Waals surface area contributed by atoms with Crippen LogP contribution < -0.4 is 4.72 Å². The number of piperazine rings is 1. The summed E-state index contributed by atoms with van der Waals surface area (Å²) in [7, 11) is -1.03. The fourth-order valence-corrected chi connectivity index (χ4v) is 4.29. The molecule has 1 aromatic rings. The summed E-state index contributed by atoms with van der Waals surface area (Å²) in [6.07, 6.45) is 2.49. The lowest BCUT2D eigenvalue weighted by molar-refractivity contribution is 0.112. The van der Waals surface area contributed by atoms with Crippen LogP contribution in [0.2, 0.25) is 0 Å². The summed E-state index contributed by atoms with van der Waals surface area (Å²) in [5, 5.41) is 0. The van der Waals surface area contributed by atoms with Gasteiger partial charge in [0.1, 0.15) is 0 Å². The molecule has 1 fully saturated rings. The van der Waals surface area contributed by atoms with Crippen molar-refractivity contribution in [3.05, 3.63) is 35.9 Å². The van der Waals surface area contributed by atoms with Crippen LogP contribution in [0.5, 0.6) is 0 Å². The summed E-state index contributed by atoms with van der Waals surface area (Å²) < 4.78 is 27.1. The first kappa shape index (κ1) is 19.4. The zero-order chi connectivity index (χ0) is 17.4. The highest BCUT2D eigenvalue weighted by Gasteiger charge is 2.24. The molecule has 5 nitrogen and oxygen atoms in total. The molecule has 1 N–H and O–H groups in total. The Labute approximate surface area is 147 Å². The quantitative estimate of drug-likeness (QED) is 0.732. The Morgan fingerprint density at radius 2 is 1.79 bits per heavy atom. The molecule has 1 heterocycles. The Kier molecular flexibility index (Phi) is 7.68. The lowest BCUT2D eigenvalue weighted by atomic mass is 10.0. The molecule has 1 atom stereocenters. The summed E-state index contributed by atoms with van der Waals surface area (Å²) >= 11 is 0. The van der Waals surface area contributed by atoms with Gasteiger partial charge in [-0.1, -0.05) is 43.7 Å². The van der Waals surface area contributed by atoms with E-state index >= 15 is 0 Å². The van der Waals surface area contributed by atoms with Gasteiger partial charge in [0.2, 0.25) is 10.0 Å². The predicted molar refractivity (Wildman–Crippen MR) is 99.7 cm³/mol. The van der Waals surface area contributed by atoms with E-state index in [4.69, 9.17) is 0 Å². The smallest absolute Gasteiger partial charge is 0.211 e. The maximum atomic E-state index is 12.1. The van der Waals surface area contributed by atoms with Crippen LogP contribution in [0.1, 0.15) is 25.3 Å². The van der Waals surface area contributed by atoms with Crippen LogP contribution in [0.25, 0.3) is 0 Å². The number of unbranched alkanes of at least 4 members (excludes halogenated alkanes) is 1. The first-order chi connectivity index (χ1) is 11.5. The topological polar surface area (TPSA) is 52.7 Å². The van der Waals surface area contributed by atoms with E-state index in [0.717, 1.165) is 39.0 Å². The molecule has 0 amide bonds. The third-order valence-electron chi connectivity index (χ3n) is 4.67. The minimum atomic E-state index is -3.17. The van der Waals surface area contributed by atoms with Crippen molar-refractivity contribution in [1.29, 1.82) is 0 Å². The average molecular weight is 354 g/mol.